The highest BCUT2D eigenvalue weighted by atomic mass is 15.0. The maximum absolute atomic E-state index is 4.89. The summed E-state index contributed by atoms with van der Waals surface area (Å²) in [7, 11) is 0. The lowest BCUT2D eigenvalue weighted by molar-refractivity contribution is 1.07. The van der Waals surface area contributed by atoms with Crippen molar-refractivity contribution >= 4 is 21.7 Å². The summed E-state index contributed by atoms with van der Waals surface area (Å²) in [5.74, 6) is 1.97. The Kier molecular flexibility index (Phi) is 5.41. The van der Waals surface area contributed by atoms with Gasteiger partial charge < -0.3 is 0 Å². The van der Waals surface area contributed by atoms with Crippen LogP contribution in [-0.2, 0) is 0 Å². The van der Waals surface area contributed by atoms with Gasteiger partial charge in [0.05, 0.1) is 5.52 Å². The van der Waals surface area contributed by atoms with Crippen LogP contribution in [0.3, 0.4) is 0 Å². The Labute approximate surface area is 220 Å². The first kappa shape index (κ1) is 22.0. The Hall–Kier alpha value is -5.22. The minimum Gasteiger partial charge on any atom is -0.256 e. The molecule has 38 heavy (non-hydrogen) atoms. The van der Waals surface area contributed by atoms with E-state index < -0.39 is 0 Å². The summed E-state index contributed by atoms with van der Waals surface area (Å²) in [6.07, 6.45) is 1.83. The van der Waals surface area contributed by atoms with Gasteiger partial charge in [0.15, 0.2) is 17.5 Å². The molecule has 4 heteroatoms. The van der Waals surface area contributed by atoms with E-state index in [9.17, 15) is 0 Å². The smallest absolute Gasteiger partial charge is 0.164 e. The second-order valence-corrected chi connectivity index (χ2v) is 9.23. The molecule has 0 radical (unpaired) electrons. The Bertz CT molecular complexity index is 1860. The molecule has 0 spiro atoms. The molecule has 0 amide bonds. The molecule has 178 valence electrons. The molecule has 5 aromatic carbocycles. The highest BCUT2D eigenvalue weighted by molar-refractivity contribution is 5.92. The molecule has 0 unspecified atom stereocenters. The molecule has 7 rings (SSSR count). The van der Waals surface area contributed by atoms with Gasteiger partial charge in [-0.15, -0.1) is 0 Å². The summed E-state index contributed by atoms with van der Waals surface area (Å²) in [5, 5.41) is 3.43. The standard InChI is InChI=1S/C34H22N4/c1-3-8-24(9-4-1)32-36-33(25-10-5-2-6-11-25)38-34(37-32)29-16-14-23-13-15-26(21-30(23)22-29)27-17-18-31-28(20-27)12-7-19-35-31/h1-22H. The zero-order valence-electron chi connectivity index (χ0n) is 20.5. The summed E-state index contributed by atoms with van der Waals surface area (Å²) < 4.78 is 0. The van der Waals surface area contributed by atoms with Crippen molar-refractivity contribution in [3.8, 4) is 45.3 Å². The number of pyridine rings is 1. The van der Waals surface area contributed by atoms with Crippen molar-refractivity contribution in [3.63, 3.8) is 0 Å². The molecule has 0 saturated heterocycles. The molecule has 2 aromatic heterocycles. The first-order chi connectivity index (χ1) is 18.8. The van der Waals surface area contributed by atoms with Crippen LogP contribution in [-0.4, -0.2) is 19.9 Å². The fourth-order valence-corrected chi connectivity index (χ4v) is 4.76. The van der Waals surface area contributed by atoms with Crippen LogP contribution in [0.15, 0.2) is 134 Å². The van der Waals surface area contributed by atoms with Crippen LogP contribution < -0.4 is 0 Å². The number of hydrogen-bond donors (Lipinski definition) is 0. The average Bonchev–Trinajstić information content (AvgIpc) is 3.01. The highest BCUT2D eigenvalue weighted by Crippen LogP contribution is 2.30. The van der Waals surface area contributed by atoms with Gasteiger partial charge in [0, 0.05) is 28.3 Å². The molecule has 4 nitrogen and oxygen atoms in total. The van der Waals surface area contributed by atoms with Crippen LogP contribution in [0.2, 0.25) is 0 Å². The lowest BCUT2D eigenvalue weighted by Gasteiger charge is -2.10. The van der Waals surface area contributed by atoms with E-state index in [1.807, 2.05) is 72.9 Å². The SMILES string of the molecule is c1ccc(-c2nc(-c3ccccc3)nc(-c3ccc4ccc(-c5ccc6ncccc6c5)cc4c3)n2)cc1. The zero-order valence-corrected chi connectivity index (χ0v) is 20.5. The second-order valence-electron chi connectivity index (χ2n) is 9.23. The van der Waals surface area contributed by atoms with Crippen molar-refractivity contribution in [2.75, 3.05) is 0 Å². The molecule has 0 N–H and O–H groups in total. The van der Waals surface area contributed by atoms with E-state index in [4.69, 9.17) is 15.0 Å². The van der Waals surface area contributed by atoms with Gasteiger partial charge in [-0.2, -0.15) is 0 Å². The predicted molar refractivity (Wildman–Crippen MR) is 154 cm³/mol. The van der Waals surface area contributed by atoms with Crippen molar-refractivity contribution in [3.05, 3.63) is 134 Å². The molecule has 7 aromatic rings. The van der Waals surface area contributed by atoms with Crippen molar-refractivity contribution in [1.29, 1.82) is 0 Å². The van der Waals surface area contributed by atoms with E-state index >= 15 is 0 Å². The highest BCUT2D eigenvalue weighted by Gasteiger charge is 2.13. The first-order valence-electron chi connectivity index (χ1n) is 12.6. The zero-order chi connectivity index (χ0) is 25.3. The van der Waals surface area contributed by atoms with Gasteiger partial charge in [-0.3, -0.25) is 4.98 Å². The summed E-state index contributed by atoms with van der Waals surface area (Å²) in [5.41, 5.74) is 6.19. The fraction of sp³-hybridized carbons (Fsp3) is 0. The molecule has 2 heterocycles. The molecular weight excluding hydrogens is 464 g/mol. The summed E-state index contributed by atoms with van der Waals surface area (Å²) in [6, 6.07) is 43.5. The minimum absolute atomic E-state index is 0.654. The summed E-state index contributed by atoms with van der Waals surface area (Å²) >= 11 is 0. The third kappa shape index (κ3) is 4.18. The number of fused-ring (bicyclic) bond motifs is 2. The molecule has 0 aliphatic rings. The maximum Gasteiger partial charge on any atom is 0.164 e. The van der Waals surface area contributed by atoms with Gasteiger partial charge in [0.1, 0.15) is 0 Å². The average molecular weight is 487 g/mol. The molecule has 0 aliphatic heterocycles. The largest absolute Gasteiger partial charge is 0.256 e. The molecule has 0 atom stereocenters. The summed E-state index contributed by atoms with van der Waals surface area (Å²) in [6.45, 7) is 0. The second kappa shape index (κ2) is 9.34. The number of nitrogens with zero attached hydrogens (tertiary/aromatic N) is 4. The van der Waals surface area contributed by atoms with E-state index in [2.05, 4.69) is 65.6 Å². The Morgan fingerprint density at radius 2 is 0.868 bits per heavy atom. The Balaban J connectivity index is 1.35. The minimum atomic E-state index is 0.654. The van der Waals surface area contributed by atoms with Crippen LogP contribution in [0.25, 0.3) is 67.0 Å². The lowest BCUT2D eigenvalue weighted by atomic mass is 9.98. The third-order valence-electron chi connectivity index (χ3n) is 6.73. The number of rotatable bonds is 4. The van der Waals surface area contributed by atoms with Crippen LogP contribution in [0.1, 0.15) is 0 Å². The van der Waals surface area contributed by atoms with E-state index in [1.54, 1.807) is 0 Å². The molecule has 0 bridgehead atoms. The van der Waals surface area contributed by atoms with Crippen molar-refractivity contribution in [2.24, 2.45) is 0 Å². The molecule has 0 saturated carbocycles. The number of aromatic nitrogens is 4. The van der Waals surface area contributed by atoms with Gasteiger partial charge in [-0.25, -0.2) is 15.0 Å². The summed E-state index contributed by atoms with van der Waals surface area (Å²) in [4.78, 5) is 19.0. The molecule has 0 aliphatic carbocycles. The topological polar surface area (TPSA) is 51.6 Å². The molecule has 0 fully saturated rings. The molecular formula is C34H22N4. The third-order valence-corrected chi connectivity index (χ3v) is 6.73. The lowest BCUT2D eigenvalue weighted by Crippen LogP contribution is -2.00. The van der Waals surface area contributed by atoms with Crippen LogP contribution in [0, 0.1) is 0 Å². The van der Waals surface area contributed by atoms with Gasteiger partial charge in [-0.05, 0) is 52.2 Å². The van der Waals surface area contributed by atoms with Crippen molar-refractivity contribution in [1.82, 2.24) is 19.9 Å². The van der Waals surface area contributed by atoms with Crippen LogP contribution >= 0.6 is 0 Å². The van der Waals surface area contributed by atoms with Gasteiger partial charge in [0.25, 0.3) is 0 Å². The van der Waals surface area contributed by atoms with E-state index in [-0.39, 0.29) is 0 Å². The van der Waals surface area contributed by atoms with Crippen molar-refractivity contribution < 1.29 is 0 Å². The Morgan fingerprint density at radius 1 is 0.342 bits per heavy atom. The van der Waals surface area contributed by atoms with E-state index in [1.165, 1.54) is 5.39 Å². The number of hydrogen-bond acceptors (Lipinski definition) is 4. The van der Waals surface area contributed by atoms with Gasteiger partial charge in [0.2, 0.25) is 0 Å². The van der Waals surface area contributed by atoms with E-state index in [0.717, 1.165) is 44.1 Å². The van der Waals surface area contributed by atoms with E-state index in [0.29, 0.717) is 17.5 Å². The van der Waals surface area contributed by atoms with Gasteiger partial charge in [-0.1, -0.05) is 97.1 Å². The normalized spacial score (nSPS) is 11.2. The Morgan fingerprint density at radius 3 is 1.53 bits per heavy atom. The number of benzene rings is 5. The van der Waals surface area contributed by atoms with Crippen LogP contribution in [0.4, 0.5) is 0 Å². The predicted octanol–water partition coefficient (Wildman–Crippen LogP) is 8.24. The fourth-order valence-electron chi connectivity index (χ4n) is 4.76. The first-order valence-corrected chi connectivity index (χ1v) is 12.6. The quantitative estimate of drug-likeness (QED) is 0.251. The maximum atomic E-state index is 4.89. The monoisotopic (exact) mass is 486 g/mol. The van der Waals surface area contributed by atoms with Gasteiger partial charge >= 0.3 is 0 Å². The van der Waals surface area contributed by atoms with Crippen molar-refractivity contribution in [2.45, 2.75) is 0 Å². The van der Waals surface area contributed by atoms with Crippen LogP contribution in [0.5, 0.6) is 0 Å².